The van der Waals surface area contributed by atoms with Crippen molar-refractivity contribution in [3.05, 3.63) is 28.8 Å². The van der Waals surface area contributed by atoms with Crippen molar-refractivity contribution in [2.75, 3.05) is 58.4 Å². The van der Waals surface area contributed by atoms with E-state index in [1.54, 1.807) is 18.2 Å². The normalized spacial score (nSPS) is 14.9. The summed E-state index contributed by atoms with van der Waals surface area (Å²) in [5.41, 5.74) is 0.889. The Labute approximate surface area is 146 Å². The molecule has 2 N–H and O–H groups in total. The number of halogens is 1. The van der Waals surface area contributed by atoms with E-state index in [1.807, 2.05) is 0 Å². The molecule has 0 aromatic heterocycles. The first-order chi connectivity index (χ1) is 11.6. The molecular weight excluding hydrogens is 334 g/mol. The number of rotatable bonds is 7. The number of ether oxygens (including phenoxy) is 2. The molecule has 2 rings (SSSR count). The predicted molar refractivity (Wildman–Crippen MR) is 91.5 cm³/mol. The Hall–Kier alpha value is -1.83. The van der Waals surface area contributed by atoms with Gasteiger partial charge in [0.2, 0.25) is 5.91 Å². The molecule has 1 amide bonds. The lowest BCUT2D eigenvalue weighted by Gasteiger charge is -2.26. The van der Waals surface area contributed by atoms with Gasteiger partial charge in [0, 0.05) is 26.2 Å². The van der Waals surface area contributed by atoms with Crippen LogP contribution < -0.4 is 10.6 Å². The molecular formula is C16H22ClN3O4. The zero-order valence-corrected chi connectivity index (χ0v) is 14.4. The number of anilines is 1. The lowest BCUT2D eigenvalue weighted by Crippen LogP contribution is -2.42. The summed E-state index contributed by atoms with van der Waals surface area (Å²) in [7, 11) is 1.31. The number of morpholine rings is 1. The Morgan fingerprint density at radius 3 is 2.79 bits per heavy atom. The van der Waals surface area contributed by atoms with E-state index in [9.17, 15) is 9.59 Å². The van der Waals surface area contributed by atoms with E-state index in [1.165, 1.54) is 7.11 Å². The van der Waals surface area contributed by atoms with E-state index in [-0.39, 0.29) is 12.5 Å². The highest BCUT2D eigenvalue weighted by Crippen LogP contribution is 2.23. The maximum absolute atomic E-state index is 11.9. The fraction of sp³-hybridized carbons (Fsp3) is 0.500. The number of benzene rings is 1. The average Bonchev–Trinajstić information content (AvgIpc) is 2.61. The lowest BCUT2D eigenvalue weighted by atomic mass is 10.2. The van der Waals surface area contributed by atoms with Crippen LogP contribution in [0.3, 0.4) is 0 Å². The van der Waals surface area contributed by atoms with E-state index in [2.05, 4.69) is 20.3 Å². The summed E-state index contributed by atoms with van der Waals surface area (Å²) in [4.78, 5) is 25.7. The molecule has 1 aromatic rings. The van der Waals surface area contributed by atoms with Crippen LogP contribution in [0.2, 0.25) is 5.02 Å². The van der Waals surface area contributed by atoms with Gasteiger partial charge in [-0.05, 0) is 18.2 Å². The standard InChI is InChI=1S/C16H22ClN3O4/c1-23-16(22)12-2-3-13(17)14(10-12)19-11-15(21)18-4-5-20-6-8-24-9-7-20/h2-3,10,19H,4-9,11H2,1H3,(H,18,21). The van der Waals surface area contributed by atoms with Gasteiger partial charge in [-0.15, -0.1) is 0 Å². The van der Waals surface area contributed by atoms with E-state index < -0.39 is 5.97 Å². The number of amides is 1. The van der Waals surface area contributed by atoms with Gasteiger partial charge in [0.15, 0.2) is 0 Å². The molecule has 1 aliphatic rings. The van der Waals surface area contributed by atoms with E-state index >= 15 is 0 Å². The summed E-state index contributed by atoms with van der Waals surface area (Å²) < 4.78 is 9.94. The first kappa shape index (κ1) is 18.5. The van der Waals surface area contributed by atoms with E-state index in [0.29, 0.717) is 22.8 Å². The van der Waals surface area contributed by atoms with Crippen LogP contribution >= 0.6 is 11.6 Å². The highest BCUT2D eigenvalue weighted by molar-refractivity contribution is 6.33. The fourth-order valence-electron chi connectivity index (χ4n) is 2.32. The van der Waals surface area contributed by atoms with Gasteiger partial charge in [-0.1, -0.05) is 11.6 Å². The van der Waals surface area contributed by atoms with Crippen LogP contribution in [0.5, 0.6) is 0 Å². The van der Waals surface area contributed by atoms with Gasteiger partial charge in [0.25, 0.3) is 0 Å². The van der Waals surface area contributed by atoms with Crippen LogP contribution in [-0.2, 0) is 14.3 Å². The third kappa shape index (κ3) is 5.67. The number of hydrogen-bond acceptors (Lipinski definition) is 6. The van der Waals surface area contributed by atoms with Gasteiger partial charge in [0.1, 0.15) is 0 Å². The first-order valence-electron chi connectivity index (χ1n) is 7.78. The van der Waals surface area contributed by atoms with E-state index in [0.717, 1.165) is 32.8 Å². The minimum atomic E-state index is -0.454. The van der Waals surface area contributed by atoms with Gasteiger partial charge in [-0.3, -0.25) is 9.69 Å². The summed E-state index contributed by atoms with van der Waals surface area (Å²) in [5.74, 6) is -0.590. The van der Waals surface area contributed by atoms with Crippen molar-refractivity contribution in [2.45, 2.75) is 0 Å². The van der Waals surface area contributed by atoms with Crippen molar-refractivity contribution in [1.29, 1.82) is 0 Å². The van der Waals surface area contributed by atoms with Crippen molar-refractivity contribution in [3.63, 3.8) is 0 Å². The predicted octanol–water partition coefficient (Wildman–Crippen LogP) is 0.987. The van der Waals surface area contributed by atoms with Crippen LogP contribution in [-0.4, -0.2) is 69.8 Å². The van der Waals surface area contributed by atoms with E-state index in [4.69, 9.17) is 16.3 Å². The van der Waals surface area contributed by atoms with Crippen LogP contribution in [0.25, 0.3) is 0 Å². The zero-order valence-electron chi connectivity index (χ0n) is 13.6. The quantitative estimate of drug-likeness (QED) is 0.710. The third-order valence-corrected chi connectivity index (χ3v) is 4.01. The Morgan fingerprint density at radius 1 is 1.33 bits per heavy atom. The molecule has 0 saturated carbocycles. The van der Waals surface area contributed by atoms with Crippen LogP contribution in [0.15, 0.2) is 18.2 Å². The van der Waals surface area contributed by atoms with Crippen molar-refractivity contribution in [1.82, 2.24) is 10.2 Å². The summed E-state index contributed by atoms with van der Waals surface area (Å²) >= 11 is 6.07. The number of carbonyl (C=O) groups is 2. The highest BCUT2D eigenvalue weighted by atomic mass is 35.5. The van der Waals surface area contributed by atoms with Gasteiger partial charge < -0.3 is 20.1 Å². The molecule has 1 heterocycles. The first-order valence-corrected chi connectivity index (χ1v) is 8.16. The molecule has 0 aliphatic carbocycles. The van der Waals surface area contributed by atoms with Gasteiger partial charge in [-0.2, -0.15) is 0 Å². The monoisotopic (exact) mass is 355 g/mol. The molecule has 0 spiro atoms. The SMILES string of the molecule is COC(=O)c1ccc(Cl)c(NCC(=O)NCCN2CCOCC2)c1. The number of methoxy groups -OCH3 is 1. The summed E-state index contributed by atoms with van der Waals surface area (Å²) in [6.07, 6.45) is 0. The summed E-state index contributed by atoms with van der Waals surface area (Å²) in [6.45, 7) is 4.72. The molecule has 0 atom stereocenters. The lowest BCUT2D eigenvalue weighted by molar-refractivity contribution is -0.119. The number of carbonyl (C=O) groups excluding carboxylic acids is 2. The summed E-state index contributed by atoms with van der Waals surface area (Å²) in [6, 6.07) is 4.73. The molecule has 1 saturated heterocycles. The van der Waals surface area contributed by atoms with Gasteiger partial charge >= 0.3 is 5.97 Å². The molecule has 0 bridgehead atoms. The number of esters is 1. The van der Waals surface area contributed by atoms with Crippen molar-refractivity contribution in [3.8, 4) is 0 Å². The Morgan fingerprint density at radius 2 is 2.08 bits per heavy atom. The fourth-order valence-corrected chi connectivity index (χ4v) is 2.51. The second-order valence-electron chi connectivity index (χ2n) is 5.34. The highest BCUT2D eigenvalue weighted by Gasteiger charge is 2.11. The number of nitrogens with zero attached hydrogens (tertiary/aromatic N) is 1. The molecule has 7 nitrogen and oxygen atoms in total. The van der Waals surface area contributed by atoms with Crippen molar-refractivity contribution >= 4 is 29.2 Å². The van der Waals surface area contributed by atoms with Crippen molar-refractivity contribution < 1.29 is 19.1 Å². The number of hydrogen-bond donors (Lipinski definition) is 2. The second kappa shape index (κ2) is 9.46. The molecule has 1 fully saturated rings. The minimum Gasteiger partial charge on any atom is -0.465 e. The molecule has 8 heteroatoms. The second-order valence-corrected chi connectivity index (χ2v) is 5.75. The van der Waals surface area contributed by atoms with Crippen LogP contribution in [0.1, 0.15) is 10.4 Å². The molecule has 1 aliphatic heterocycles. The maximum atomic E-state index is 11.9. The summed E-state index contributed by atoms with van der Waals surface area (Å²) in [5, 5.41) is 6.22. The molecule has 132 valence electrons. The maximum Gasteiger partial charge on any atom is 0.337 e. The smallest absolute Gasteiger partial charge is 0.337 e. The third-order valence-electron chi connectivity index (χ3n) is 3.68. The van der Waals surface area contributed by atoms with Crippen LogP contribution in [0.4, 0.5) is 5.69 Å². The van der Waals surface area contributed by atoms with Gasteiger partial charge in [0.05, 0.1) is 43.1 Å². The Balaban J connectivity index is 1.75. The molecule has 24 heavy (non-hydrogen) atoms. The van der Waals surface area contributed by atoms with Crippen molar-refractivity contribution in [2.24, 2.45) is 0 Å². The topological polar surface area (TPSA) is 79.9 Å². The van der Waals surface area contributed by atoms with Crippen LogP contribution in [0, 0.1) is 0 Å². The number of nitrogens with one attached hydrogen (secondary N) is 2. The molecule has 0 radical (unpaired) electrons. The Bertz CT molecular complexity index is 576. The molecule has 1 aromatic carbocycles. The largest absolute Gasteiger partial charge is 0.465 e. The van der Waals surface area contributed by atoms with Gasteiger partial charge in [-0.25, -0.2) is 4.79 Å². The average molecular weight is 356 g/mol. The molecule has 0 unspecified atom stereocenters. The zero-order chi connectivity index (χ0) is 17.4. The minimum absolute atomic E-state index is 0.0768. The Kier molecular flexibility index (Phi) is 7.30.